The van der Waals surface area contributed by atoms with Crippen molar-refractivity contribution in [1.29, 1.82) is 0 Å². The van der Waals surface area contributed by atoms with Crippen LogP contribution in [-0.2, 0) is 16.1 Å². The number of methoxy groups -OCH3 is 2. The quantitative estimate of drug-likeness (QED) is 0.603. The first kappa shape index (κ1) is 16.5. The van der Waals surface area contributed by atoms with Crippen molar-refractivity contribution < 1.29 is 23.4 Å². The third kappa shape index (κ3) is 4.85. The summed E-state index contributed by atoms with van der Waals surface area (Å²) in [7, 11) is 2.86. The summed E-state index contributed by atoms with van der Waals surface area (Å²) in [5.74, 6) is 0.377. The van der Waals surface area contributed by atoms with Crippen LogP contribution >= 0.6 is 0 Å². The first-order chi connectivity index (χ1) is 11.1. The number of benzene rings is 2. The minimum atomic E-state index is -0.436. The predicted octanol–water partition coefficient (Wildman–Crippen LogP) is 3.60. The standard InChI is InChI=1S/C18H17FO4/c1-21-16-9-5-13(6-10-18(20)22-2)11-17(16)23-12-14-3-7-15(19)8-4-14/h3-11H,12H2,1-2H3/b10-6+. The molecular weight excluding hydrogens is 299 g/mol. The van der Waals surface area contributed by atoms with Crippen LogP contribution in [0.3, 0.4) is 0 Å². The van der Waals surface area contributed by atoms with E-state index in [0.717, 1.165) is 11.1 Å². The Morgan fingerprint density at radius 2 is 1.83 bits per heavy atom. The Kier molecular flexibility index (Phi) is 5.74. The molecular formula is C18H17FO4. The molecule has 5 heteroatoms. The number of carbonyl (C=O) groups excluding carboxylic acids is 1. The lowest BCUT2D eigenvalue weighted by Gasteiger charge is -2.11. The van der Waals surface area contributed by atoms with Gasteiger partial charge in [0.15, 0.2) is 11.5 Å². The summed E-state index contributed by atoms with van der Waals surface area (Å²) in [6.07, 6.45) is 2.95. The summed E-state index contributed by atoms with van der Waals surface area (Å²) >= 11 is 0. The molecule has 0 atom stereocenters. The lowest BCUT2D eigenvalue weighted by molar-refractivity contribution is -0.134. The van der Waals surface area contributed by atoms with Crippen LogP contribution in [-0.4, -0.2) is 20.2 Å². The van der Waals surface area contributed by atoms with Gasteiger partial charge in [0, 0.05) is 6.08 Å². The topological polar surface area (TPSA) is 44.8 Å². The molecule has 0 aliphatic carbocycles. The average molecular weight is 316 g/mol. The Labute approximate surface area is 134 Å². The van der Waals surface area contributed by atoms with Gasteiger partial charge in [0.1, 0.15) is 12.4 Å². The highest BCUT2D eigenvalue weighted by atomic mass is 19.1. The molecule has 0 radical (unpaired) electrons. The maximum Gasteiger partial charge on any atom is 0.330 e. The van der Waals surface area contributed by atoms with Crippen LogP contribution in [0.5, 0.6) is 11.5 Å². The van der Waals surface area contributed by atoms with Crippen LogP contribution in [0.4, 0.5) is 4.39 Å². The smallest absolute Gasteiger partial charge is 0.330 e. The zero-order valence-corrected chi connectivity index (χ0v) is 12.9. The predicted molar refractivity (Wildman–Crippen MR) is 84.8 cm³/mol. The van der Waals surface area contributed by atoms with Gasteiger partial charge in [-0.15, -0.1) is 0 Å². The normalized spacial score (nSPS) is 10.6. The molecule has 0 saturated carbocycles. The highest BCUT2D eigenvalue weighted by molar-refractivity contribution is 5.87. The van der Waals surface area contributed by atoms with Crippen molar-refractivity contribution in [2.75, 3.05) is 14.2 Å². The van der Waals surface area contributed by atoms with Crippen LogP contribution in [0.25, 0.3) is 6.08 Å². The Hall–Kier alpha value is -2.82. The van der Waals surface area contributed by atoms with Crippen molar-refractivity contribution in [2.45, 2.75) is 6.61 Å². The fraction of sp³-hybridized carbons (Fsp3) is 0.167. The summed E-state index contributed by atoms with van der Waals surface area (Å²) in [5, 5.41) is 0. The molecule has 120 valence electrons. The minimum absolute atomic E-state index is 0.279. The molecule has 0 spiro atoms. The van der Waals surface area contributed by atoms with Gasteiger partial charge in [0.25, 0.3) is 0 Å². The van der Waals surface area contributed by atoms with Crippen molar-refractivity contribution in [2.24, 2.45) is 0 Å². The number of halogens is 1. The van der Waals surface area contributed by atoms with Gasteiger partial charge in [-0.3, -0.25) is 0 Å². The third-order valence-corrected chi connectivity index (χ3v) is 3.11. The maximum absolute atomic E-state index is 12.9. The summed E-state index contributed by atoms with van der Waals surface area (Å²) in [5.41, 5.74) is 1.61. The molecule has 0 heterocycles. The number of carbonyl (C=O) groups is 1. The molecule has 0 N–H and O–H groups in total. The number of hydrogen-bond donors (Lipinski definition) is 0. The molecule has 0 aliphatic rings. The van der Waals surface area contributed by atoms with E-state index in [1.54, 1.807) is 43.5 Å². The highest BCUT2D eigenvalue weighted by Crippen LogP contribution is 2.29. The van der Waals surface area contributed by atoms with E-state index in [4.69, 9.17) is 9.47 Å². The van der Waals surface area contributed by atoms with Gasteiger partial charge in [0.05, 0.1) is 14.2 Å². The number of ether oxygens (including phenoxy) is 3. The molecule has 0 aromatic heterocycles. The van der Waals surface area contributed by atoms with E-state index in [0.29, 0.717) is 11.5 Å². The third-order valence-electron chi connectivity index (χ3n) is 3.11. The van der Waals surface area contributed by atoms with E-state index in [1.807, 2.05) is 0 Å². The molecule has 2 aromatic carbocycles. The first-order valence-electron chi connectivity index (χ1n) is 6.93. The zero-order valence-electron chi connectivity index (χ0n) is 12.9. The molecule has 0 bridgehead atoms. The lowest BCUT2D eigenvalue weighted by atomic mass is 10.2. The van der Waals surface area contributed by atoms with Crippen molar-refractivity contribution in [3.8, 4) is 11.5 Å². The number of hydrogen-bond acceptors (Lipinski definition) is 4. The van der Waals surface area contributed by atoms with Crippen LogP contribution in [0.2, 0.25) is 0 Å². The van der Waals surface area contributed by atoms with Gasteiger partial charge >= 0.3 is 5.97 Å². The number of rotatable bonds is 6. The monoisotopic (exact) mass is 316 g/mol. The van der Waals surface area contributed by atoms with Crippen LogP contribution in [0, 0.1) is 5.82 Å². The first-order valence-corrected chi connectivity index (χ1v) is 6.93. The molecule has 0 amide bonds. The second kappa shape index (κ2) is 7.98. The van der Waals surface area contributed by atoms with Crippen LogP contribution < -0.4 is 9.47 Å². The van der Waals surface area contributed by atoms with E-state index in [2.05, 4.69) is 4.74 Å². The fourth-order valence-electron chi connectivity index (χ4n) is 1.88. The Morgan fingerprint density at radius 1 is 1.09 bits per heavy atom. The van der Waals surface area contributed by atoms with Crippen molar-refractivity contribution >= 4 is 12.0 Å². The summed E-state index contributed by atoms with van der Waals surface area (Å²) in [4.78, 5) is 11.1. The van der Waals surface area contributed by atoms with Gasteiger partial charge in [-0.2, -0.15) is 0 Å². The SMILES string of the molecule is COC(=O)/C=C/c1ccc(OC)c(OCc2ccc(F)cc2)c1. The summed E-state index contributed by atoms with van der Waals surface area (Å²) in [6.45, 7) is 0.279. The minimum Gasteiger partial charge on any atom is -0.493 e. The van der Waals surface area contributed by atoms with Gasteiger partial charge in [0.2, 0.25) is 0 Å². The maximum atomic E-state index is 12.9. The Balaban J connectivity index is 2.13. The van der Waals surface area contributed by atoms with Crippen molar-refractivity contribution in [1.82, 2.24) is 0 Å². The number of esters is 1. The van der Waals surface area contributed by atoms with E-state index < -0.39 is 5.97 Å². The molecule has 4 nitrogen and oxygen atoms in total. The highest BCUT2D eigenvalue weighted by Gasteiger charge is 2.06. The zero-order chi connectivity index (χ0) is 16.7. The van der Waals surface area contributed by atoms with Gasteiger partial charge in [-0.1, -0.05) is 18.2 Å². The molecule has 23 heavy (non-hydrogen) atoms. The summed E-state index contributed by atoms with van der Waals surface area (Å²) < 4.78 is 28.4. The largest absolute Gasteiger partial charge is 0.493 e. The van der Waals surface area contributed by atoms with E-state index in [9.17, 15) is 9.18 Å². The van der Waals surface area contributed by atoms with Gasteiger partial charge in [-0.25, -0.2) is 9.18 Å². The molecule has 2 aromatic rings. The van der Waals surface area contributed by atoms with E-state index >= 15 is 0 Å². The Morgan fingerprint density at radius 3 is 2.48 bits per heavy atom. The van der Waals surface area contributed by atoms with Crippen LogP contribution in [0.1, 0.15) is 11.1 Å². The summed E-state index contributed by atoms with van der Waals surface area (Å²) in [6, 6.07) is 11.4. The van der Waals surface area contributed by atoms with E-state index in [1.165, 1.54) is 25.3 Å². The van der Waals surface area contributed by atoms with E-state index in [-0.39, 0.29) is 12.4 Å². The van der Waals surface area contributed by atoms with Gasteiger partial charge in [-0.05, 0) is 41.5 Å². The molecule has 0 fully saturated rings. The van der Waals surface area contributed by atoms with Crippen molar-refractivity contribution in [3.63, 3.8) is 0 Å². The molecule has 2 rings (SSSR count). The second-order valence-corrected chi connectivity index (χ2v) is 4.68. The van der Waals surface area contributed by atoms with Gasteiger partial charge < -0.3 is 14.2 Å². The lowest BCUT2D eigenvalue weighted by Crippen LogP contribution is -1.98. The Bertz CT molecular complexity index is 693. The van der Waals surface area contributed by atoms with Crippen LogP contribution in [0.15, 0.2) is 48.5 Å². The average Bonchev–Trinajstić information content (AvgIpc) is 2.59. The van der Waals surface area contributed by atoms with Crippen molar-refractivity contribution in [3.05, 3.63) is 65.5 Å². The molecule has 0 unspecified atom stereocenters. The fourth-order valence-corrected chi connectivity index (χ4v) is 1.88. The molecule has 0 saturated heterocycles. The molecule has 0 aliphatic heterocycles. The second-order valence-electron chi connectivity index (χ2n) is 4.68.